The molecule has 0 bridgehead atoms. The van der Waals surface area contributed by atoms with Gasteiger partial charge in [0.2, 0.25) is 0 Å². The van der Waals surface area contributed by atoms with Gasteiger partial charge in [0, 0.05) is 17.7 Å². The summed E-state index contributed by atoms with van der Waals surface area (Å²) in [6.45, 7) is 2.70. The van der Waals surface area contributed by atoms with E-state index in [2.05, 4.69) is 17.6 Å². The molecule has 0 spiro atoms. The van der Waals surface area contributed by atoms with Crippen molar-refractivity contribution in [2.45, 2.75) is 19.8 Å². The normalized spacial score (nSPS) is 10.1. The van der Waals surface area contributed by atoms with Crippen LogP contribution in [0.3, 0.4) is 0 Å². The molecular weight excluding hydrogens is 304 g/mol. The third-order valence-corrected chi connectivity index (χ3v) is 3.56. The van der Waals surface area contributed by atoms with Gasteiger partial charge in [0.15, 0.2) is 0 Å². The molecule has 0 atom stereocenters. The predicted molar refractivity (Wildman–Crippen MR) is 94.6 cm³/mol. The zero-order valence-electron chi connectivity index (χ0n) is 14.0. The van der Waals surface area contributed by atoms with E-state index < -0.39 is 0 Å². The lowest BCUT2D eigenvalue weighted by Gasteiger charge is -2.10. The van der Waals surface area contributed by atoms with Gasteiger partial charge >= 0.3 is 0 Å². The van der Waals surface area contributed by atoms with Gasteiger partial charge in [0.25, 0.3) is 11.8 Å². The van der Waals surface area contributed by atoms with Crippen molar-refractivity contribution >= 4 is 17.5 Å². The van der Waals surface area contributed by atoms with Crippen molar-refractivity contribution in [1.82, 2.24) is 5.32 Å². The predicted octanol–water partition coefficient (Wildman–Crippen LogP) is 3.48. The Morgan fingerprint density at radius 1 is 1.00 bits per heavy atom. The van der Waals surface area contributed by atoms with Crippen molar-refractivity contribution in [2.75, 3.05) is 19.0 Å². The summed E-state index contributed by atoms with van der Waals surface area (Å²) in [5.74, 6) is 0.123. The van der Waals surface area contributed by atoms with E-state index in [0.29, 0.717) is 29.1 Å². The highest BCUT2D eigenvalue weighted by Gasteiger charge is 2.12. The van der Waals surface area contributed by atoms with Gasteiger partial charge in [-0.15, -0.1) is 0 Å². The molecule has 0 heterocycles. The van der Waals surface area contributed by atoms with E-state index in [1.165, 1.54) is 0 Å². The lowest BCUT2D eigenvalue weighted by Crippen LogP contribution is -2.24. The van der Waals surface area contributed by atoms with E-state index in [9.17, 15) is 9.59 Å². The first-order valence-electron chi connectivity index (χ1n) is 7.98. The van der Waals surface area contributed by atoms with Gasteiger partial charge in [-0.25, -0.2) is 0 Å². The Labute approximate surface area is 142 Å². The smallest absolute Gasteiger partial charge is 0.255 e. The van der Waals surface area contributed by atoms with Crippen molar-refractivity contribution in [3.63, 3.8) is 0 Å². The molecule has 0 fully saturated rings. The van der Waals surface area contributed by atoms with Gasteiger partial charge < -0.3 is 15.4 Å². The number of unbranched alkanes of at least 4 members (excludes halogenated alkanes) is 1. The van der Waals surface area contributed by atoms with Gasteiger partial charge in [-0.2, -0.15) is 0 Å². The highest BCUT2D eigenvalue weighted by molar-refractivity contribution is 6.06. The molecule has 126 valence electrons. The molecule has 5 nitrogen and oxygen atoms in total. The summed E-state index contributed by atoms with van der Waals surface area (Å²) in [4.78, 5) is 24.5. The first-order valence-corrected chi connectivity index (χ1v) is 7.98. The maximum absolute atomic E-state index is 12.4. The Bertz CT molecular complexity index is 713. The van der Waals surface area contributed by atoms with Gasteiger partial charge in [0.05, 0.1) is 12.8 Å². The van der Waals surface area contributed by atoms with Crippen LogP contribution in [0.2, 0.25) is 0 Å². The highest BCUT2D eigenvalue weighted by atomic mass is 16.5. The number of hydrogen-bond donors (Lipinski definition) is 2. The molecule has 0 radical (unpaired) electrons. The van der Waals surface area contributed by atoms with E-state index >= 15 is 0 Å². The first-order chi connectivity index (χ1) is 11.7. The number of methoxy groups -OCH3 is 1. The zero-order chi connectivity index (χ0) is 17.4. The van der Waals surface area contributed by atoms with Crippen LogP contribution in [0.5, 0.6) is 5.75 Å². The molecule has 0 saturated heterocycles. The molecular formula is C19H22N2O3. The lowest BCUT2D eigenvalue weighted by atomic mass is 10.1. The van der Waals surface area contributed by atoms with E-state index in [1.54, 1.807) is 43.5 Å². The number of carbonyl (C=O) groups is 2. The van der Waals surface area contributed by atoms with Crippen LogP contribution in [0.1, 0.15) is 40.5 Å². The van der Waals surface area contributed by atoms with Crippen LogP contribution >= 0.6 is 0 Å². The molecule has 2 amide bonds. The second-order valence-electron chi connectivity index (χ2n) is 5.34. The van der Waals surface area contributed by atoms with Crippen LogP contribution in [0, 0.1) is 0 Å². The number of para-hydroxylation sites is 2. The molecule has 2 aromatic carbocycles. The molecule has 24 heavy (non-hydrogen) atoms. The number of carbonyl (C=O) groups excluding carboxylic acids is 2. The minimum absolute atomic E-state index is 0.171. The number of hydrogen-bond acceptors (Lipinski definition) is 3. The summed E-state index contributed by atoms with van der Waals surface area (Å²) in [7, 11) is 1.55. The molecule has 0 saturated carbocycles. The van der Waals surface area contributed by atoms with Crippen LogP contribution in [-0.4, -0.2) is 25.5 Å². The molecule has 0 aliphatic carbocycles. The van der Waals surface area contributed by atoms with Crippen molar-refractivity contribution in [3.8, 4) is 5.75 Å². The van der Waals surface area contributed by atoms with Crippen molar-refractivity contribution in [2.24, 2.45) is 0 Å². The quantitative estimate of drug-likeness (QED) is 0.766. The summed E-state index contributed by atoms with van der Waals surface area (Å²) in [6.07, 6.45) is 1.95. The van der Waals surface area contributed by atoms with Crippen molar-refractivity contribution in [1.29, 1.82) is 0 Å². The monoisotopic (exact) mass is 326 g/mol. The lowest BCUT2D eigenvalue weighted by molar-refractivity contribution is 0.0953. The number of ether oxygens (including phenoxy) is 1. The standard InChI is InChI=1S/C19H22N2O3/c1-3-4-12-20-18(22)14-8-7-9-15(13-14)19(23)21-16-10-5-6-11-17(16)24-2/h5-11,13H,3-4,12H2,1-2H3,(H,20,22)(H,21,23). The average Bonchev–Trinajstić information content (AvgIpc) is 2.62. The number of amides is 2. The second-order valence-corrected chi connectivity index (χ2v) is 5.34. The van der Waals surface area contributed by atoms with Crippen LogP contribution in [-0.2, 0) is 0 Å². The first kappa shape index (κ1) is 17.5. The van der Waals surface area contributed by atoms with Crippen molar-refractivity contribution < 1.29 is 14.3 Å². The number of nitrogens with one attached hydrogen (secondary N) is 2. The van der Waals surface area contributed by atoms with Crippen LogP contribution in [0.25, 0.3) is 0 Å². The summed E-state index contributed by atoms with van der Waals surface area (Å²) in [6, 6.07) is 13.8. The fraction of sp³-hybridized carbons (Fsp3) is 0.263. The molecule has 0 aliphatic rings. The minimum atomic E-state index is -0.289. The van der Waals surface area contributed by atoms with Crippen LogP contribution in [0.4, 0.5) is 5.69 Å². The SMILES string of the molecule is CCCCNC(=O)c1cccc(C(=O)Nc2ccccc2OC)c1. The number of anilines is 1. The summed E-state index contributed by atoms with van der Waals surface area (Å²) in [5, 5.41) is 5.64. The Morgan fingerprint density at radius 3 is 2.42 bits per heavy atom. The number of rotatable bonds is 7. The highest BCUT2D eigenvalue weighted by Crippen LogP contribution is 2.23. The molecule has 0 aliphatic heterocycles. The minimum Gasteiger partial charge on any atom is -0.495 e. The van der Waals surface area contributed by atoms with E-state index in [1.807, 2.05) is 12.1 Å². The third kappa shape index (κ3) is 4.59. The maximum atomic E-state index is 12.4. The fourth-order valence-corrected chi connectivity index (χ4v) is 2.22. The third-order valence-electron chi connectivity index (χ3n) is 3.56. The van der Waals surface area contributed by atoms with Crippen LogP contribution in [0.15, 0.2) is 48.5 Å². The molecule has 0 aromatic heterocycles. The summed E-state index contributed by atoms with van der Waals surface area (Å²) < 4.78 is 5.22. The van der Waals surface area contributed by atoms with Gasteiger partial charge in [0.1, 0.15) is 5.75 Å². The van der Waals surface area contributed by atoms with E-state index in [-0.39, 0.29) is 11.8 Å². The average molecular weight is 326 g/mol. The molecule has 5 heteroatoms. The summed E-state index contributed by atoms with van der Waals surface area (Å²) in [5.41, 5.74) is 1.48. The zero-order valence-corrected chi connectivity index (χ0v) is 14.0. The Kier molecular flexibility index (Phi) is 6.37. The fourth-order valence-electron chi connectivity index (χ4n) is 2.22. The van der Waals surface area contributed by atoms with Gasteiger partial charge in [-0.1, -0.05) is 31.5 Å². The van der Waals surface area contributed by atoms with E-state index in [4.69, 9.17) is 4.74 Å². The molecule has 2 rings (SSSR count). The topological polar surface area (TPSA) is 67.4 Å². The largest absolute Gasteiger partial charge is 0.495 e. The maximum Gasteiger partial charge on any atom is 0.255 e. The van der Waals surface area contributed by atoms with Gasteiger partial charge in [-0.05, 0) is 36.8 Å². The Balaban J connectivity index is 2.10. The Hall–Kier alpha value is -2.82. The second kappa shape index (κ2) is 8.72. The van der Waals surface area contributed by atoms with Crippen molar-refractivity contribution in [3.05, 3.63) is 59.7 Å². The summed E-state index contributed by atoms with van der Waals surface area (Å²) >= 11 is 0. The molecule has 2 aromatic rings. The van der Waals surface area contributed by atoms with Gasteiger partial charge in [-0.3, -0.25) is 9.59 Å². The van der Waals surface area contributed by atoms with E-state index in [0.717, 1.165) is 12.8 Å². The Morgan fingerprint density at radius 2 is 1.71 bits per heavy atom. The van der Waals surface area contributed by atoms with Crippen LogP contribution < -0.4 is 15.4 Å². The molecule has 2 N–H and O–H groups in total. The molecule has 0 unspecified atom stereocenters. The number of benzene rings is 2.